The van der Waals surface area contributed by atoms with Crippen LogP contribution in [-0.4, -0.2) is 26.0 Å². The standard InChI is InChI=1S/C29H20O8/c1-33-22-9-5-6-15(28(22)34-2)12-23-27(32)17-10-11-21-25(29(17)37-23)18(13-24(30)36-21)19-14-35-20-8-4-3-7-16(20)26(19)31/h3-12,14,18H,13H2,1-2H3/b23-12-/t18-/m0/s1. The van der Waals surface area contributed by atoms with Gasteiger partial charge in [-0.25, -0.2) is 0 Å². The third-order valence-corrected chi connectivity index (χ3v) is 6.58. The molecule has 0 bridgehead atoms. The van der Waals surface area contributed by atoms with Gasteiger partial charge in [-0.2, -0.15) is 0 Å². The van der Waals surface area contributed by atoms with Crippen molar-refractivity contribution < 1.29 is 33.0 Å². The van der Waals surface area contributed by atoms with E-state index in [0.717, 1.165) is 0 Å². The van der Waals surface area contributed by atoms with E-state index in [-0.39, 0.29) is 40.5 Å². The van der Waals surface area contributed by atoms with Crippen LogP contribution in [0.3, 0.4) is 0 Å². The maximum Gasteiger partial charge on any atom is 0.312 e. The number of benzene rings is 3. The molecule has 0 amide bonds. The summed E-state index contributed by atoms with van der Waals surface area (Å²) in [5.74, 6) is -0.0438. The number of rotatable bonds is 4. The molecule has 0 saturated carbocycles. The fourth-order valence-corrected chi connectivity index (χ4v) is 4.87. The lowest BCUT2D eigenvalue weighted by Crippen LogP contribution is -2.25. The van der Waals surface area contributed by atoms with Crippen LogP contribution in [0.5, 0.6) is 23.0 Å². The molecule has 8 nitrogen and oxygen atoms in total. The van der Waals surface area contributed by atoms with Crippen molar-refractivity contribution in [3.05, 3.63) is 99.1 Å². The van der Waals surface area contributed by atoms with Crippen molar-refractivity contribution in [2.24, 2.45) is 0 Å². The lowest BCUT2D eigenvalue weighted by atomic mass is 9.85. The number of carbonyl (C=O) groups excluding carboxylic acids is 2. The lowest BCUT2D eigenvalue weighted by Gasteiger charge is -2.25. The lowest BCUT2D eigenvalue weighted by molar-refractivity contribution is -0.135. The van der Waals surface area contributed by atoms with Crippen molar-refractivity contribution in [3.8, 4) is 23.0 Å². The van der Waals surface area contributed by atoms with Gasteiger partial charge < -0.3 is 23.4 Å². The molecule has 184 valence electrons. The molecule has 3 heterocycles. The second-order valence-electron chi connectivity index (χ2n) is 8.62. The molecule has 0 aliphatic carbocycles. The Kier molecular flexibility index (Phi) is 5.30. The number of hydrogen-bond donors (Lipinski definition) is 0. The molecule has 0 unspecified atom stereocenters. The van der Waals surface area contributed by atoms with E-state index >= 15 is 0 Å². The Morgan fingerprint density at radius 2 is 1.76 bits per heavy atom. The Bertz CT molecular complexity index is 1690. The van der Waals surface area contributed by atoms with Crippen LogP contribution < -0.4 is 24.4 Å². The normalized spacial score (nSPS) is 17.2. The summed E-state index contributed by atoms with van der Waals surface area (Å²) in [6, 6.07) is 15.3. The second-order valence-corrected chi connectivity index (χ2v) is 8.62. The molecule has 8 heteroatoms. The number of fused-ring (bicyclic) bond motifs is 4. The molecule has 0 spiro atoms. The largest absolute Gasteiger partial charge is 0.493 e. The minimum absolute atomic E-state index is 0.0659. The summed E-state index contributed by atoms with van der Waals surface area (Å²) in [6.07, 6.45) is 2.84. The van der Waals surface area contributed by atoms with Crippen molar-refractivity contribution in [2.45, 2.75) is 12.3 Å². The number of methoxy groups -OCH3 is 2. The summed E-state index contributed by atoms with van der Waals surface area (Å²) in [4.78, 5) is 39.2. The molecule has 6 rings (SSSR count). The monoisotopic (exact) mass is 496 g/mol. The summed E-state index contributed by atoms with van der Waals surface area (Å²) < 4.78 is 28.1. The highest BCUT2D eigenvalue weighted by Crippen LogP contribution is 2.49. The smallest absolute Gasteiger partial charge is 0.312 e. The van der Waals surface area contributed by atoms with E-state index in [0.29, 0.717) is 39.2 Å². The predicted octanol–water partition coefficient (Wildman–Crippen LogP) is 4.87. The Labute approximate surface area is 210 Å². The van der Waals surface area contributed by atoms with Gasteiger partial charge in [0.25, 0.3) is 0 Å². The highest BCUT2D eigenvalue weighted by molar-refractivity contribution is 6.15. The molecule has 1 atom stereocenters. The number of allylic oxidation sites excluding steroid dienone is 1. The first-order valence-corrected chi connectivity index (χ1v) is 11.5. The number of esters is 1. The summed E-state index contributed by atoms with van der Waals surface area (Å²) >= 11 is 0. The van der Waals surface area contributed by atoms with Gasteiger partial charge in [0.1, 0.15) is 17.1 Å². The highest BCUT2D eigenvalue weighted by Gasteiger charge is 2.39. The van der Waals surface area contributed by atoms with Crippen LogP contribution in [0, 0.1) is 0 Å². The molecule has 4 aromatic rings. The highest BCUT2D eigenvalue weighted by atomic mass is 16.5. The average molecular weight is 496 g/mol. The minimum Gasteiger partial charge on any atom is -0.493 e. The number of Topliss-reactive ketones (excluding diaryl/α,β-unsaturated/α-hetero) is 1. The molecule has 0 radical (unpaired) electrons. The van der Waals surface area contributed by atoms with Gasteiger partial charge in [0.05, 0.1) is 37.9 Å². The van der Waals surface area contributed by atoms with E-state index in [1.165, 1.54) is 20.5 Å². The number of ketones is 1. The molecular weight excluding hydrogens is 476 g/mol. The average Bonchev–Trinajstić information content (AvgIpc) is 3.23. The van der Waals surface area contributed by atoms with E-state index in [2.05, 4.69) is 0 Å². The first-order valence-electron chi connectivity index (χ1n) is 11.5. The van der Waals surface area contributed by atoms with Crippen molar-refractivity contribution in [3.63, 3.8) is 0 Å². The molecule has 0 saturated heterocycles. The number of carbonyl (C=O) groups is 2. The quantitative estimate of drug-likeness (QED) is 0.224. The predicted molar refractivity (Wildman–Crippen MR) is 134 cm³/mol. The van der Waals surface area contributed by atoms with Gasteiger partial charge in [0.15, 0.2) is 22.7 Å². The van der Waals surface area contributed by atoms with E-state index < -0.39 is 11.9 Å². The summed E-state index contributed by atoms with van der Waals surface area (Å²) in [5.41, 5.74) is 1.82. The fourth-order valence-electron chi connectivity index (χ4n) is 4.87. The van der Waals surface area contributed by atoms with Crippen LogP contribution in [0.4, 0.5) is 0 Å². The molecule has 2 aliphatic rings. The third kappa shape index (κ3) is 3.57. The van der Waals surface area contributed by atoms with Crippen LogP contribution in [0.15, 0.2) is 75.8 Å². The molecular formula is C29H20O8. The minimum atomic E-state index is -0.717. The first-order chi connectivity index (χ1) is 18.0. The molecule has 37 heavy (non-hydrogen) atoms. The zero-order valence-corrected chi connectivity index (χ0v) is 19.9. The Balaban J connectivity index is 1.49. The van der Waals surface area contributed by atoms with Crippen LogP contribution in [0.2, 0.25) is 0 Å². The summed E-state index contributed by atoms with van der Waals surface area (Å²) in [5, 5.41) is 0.399. The van der Waals surface area contributed by atoms with Gasteiger partial charge in [-0.3, -0.25) is 14.4 Å². The Morgan fingerprint density at radius 1 is 0.919 bits per heavy atom. The van der Waals surface area contributed by atoms with Crippen LogP contribution in [0.25, 0.3) is 17.0 Å². The van der Waals surface area contributed by atoms with Crippen LogP contribution >= 0.6 is 0 Å². The third-order valence-electron chi connectivity index (χ3n) is 6.58. The van der Waals surface area contributed by atoms with Gasteiger partial charge in [0.2, 0.25) is 5.78 Å². The zero-order valence-electron chi connectivity index (χ0n) is 19.9. The van der Waals surface area contributed by atoms with E-state index in [9.17, 15) is 14.4 Å². The van der Waals surface area contributed by atoms with Crippen molar-refractivity contribution >= 4 is 28.8 Å². The molecule has 3 aromatic carbocycles. The summed E-state index contributed by atoms with van der Waals surface area (Å²) in [7, 11) is 3.04. The van der Waals surface area contributed by atoms with E-state index in [4.69, 9.17) is 23.4 Å². The molecule has 0 fully saturated rings. The Hall–Kier alpha value is -4.85. The maximum absolute atomic E-state index is 13.4. The van der Waals surface area contributed by atoms with Crippen LogP contribution in [-0.2, 0) is 4.79 Å². The SMILES string of the molecule is COc1cccc(/C=C2\Oc3c(ccc4c3[C@H](c3coc5ccccc5c3=O)CC(=O)O4)C2=O)c1OC. The van der Waals surface area contributed by atoms with Gasteiger partial charge in [0, 0.05) is 22.6 Å². The number of ether oxygens (including phenoxy) is 4. The topological polar surface area (TPSA) is 101 Å². The first kappa shape index (κ1) is 22.6. The number of hydrogen-bond acceptors (Lipinski definition) is 8. The van der Waals surface area contributed by atoms with Gasteiger partial charge in [-0.1, -0.05) is 24.3 Å². The Morgan fingerprint density at radius 3 is 2.57 bits per heavy atom. The van der Waals surface area contributed by atoms with Crippen molar-refractivity contribution in [1.82, 2.24) is 0 Å². The van der Waals surface area contributed by atoms with Gasteiger partial charge in [-0.15, -0.1) is 0 Å². The second kappa shape index (κ2) is 8.67. The van der Waals surface area contributed by atoms with E-state index in [1.54, 1.807) is 60.7 Å². The summed E-state index contributed by atoms with van der Waals surface area (Å²) in [6.45, 7) is 0. The molecule has 2 aliphatic heterocycles. The van der Waals surface area contributed by atoms with Crippen molar-refractivity contribution in [2.75, 3.05) is 14.2 Å². The molecule has 1 aromatic heterocycles. The van der Waals surface area contributed by atoms with E-state index in [1.807, 2.05) is 0 Å². The van der Waals surface area contributed by atoms with Crippen molar-refractivity contribution in [1.29, 1.82) is 0 Å². The van der Waals surface area contributed by atoms with Crippen LogP contribution in [0.1, 0.15) is 39.4 Å². The van der Waals surface area contributed by atoms with Gasteiger partial charge in [-0.05, 0) is 36.4 Å². The fraction of sp³-hybridized carbons (Fsp3) is 0.138. The maximum atomic E-state index is 13.4. The zero-order chi connectivity index (χ0) is 25.7. The molecule has 0 N–H and O–H groups in total. The number of para-hydroxylation sites is 2. The van der Waals surface area contributed by atoms with Gasteiger partial charge >= 0.3 is 5.97 Å².